The average molecular weight is 587 g/mol. The molecule has 3 nitrogen and oxygen atoms in total. The fourth-order valence-corrected chi connectivity index (χ4v) is 6.37. The van der Waals surface area contributed by atoms with Crippen LogP contribution < -0.4 is 0 Å². The van der Waals surface area contributed by atoms with E-state index in [1.807, 2.05) is 37.3 Å². The summed E-state index contributed by atoms with van der Waals surface area (Å²) in [6.07, 6.45) is 30.7. The first kappa shape index (κ1) is 36.5. The fraction of sp³-hybridized carbons (Fsp3) is 0.500. The lowest BCUT2D eigenvalue weighted by Gasteiger charge is -2.40. The van der Waals surface area contributed by atoms with Gasteiger partial charge in [-0.25, -0.2) is 0 Å². The molecule has 0 aliphatic heterocycles. The van der Waals surface area contributed by atoms with Gasteiger partial charge in [-0.05, 0) is 76.7 Å². The molecule has 3 N–H and O–H groups in total. The average Bonchev–Trinajstić information content (AvgIpc) is 3.10. The highest BCUT2D eigenvalue weighted by molar-refractivity contribution is 5.38. The number of hydrogen-bond acceptors (Lipinski definition) is 3. The molecule has 0 aromatic heterocycles. The second-order valence-electron chi connectivity index (χ2n) is 14.4. The van der Waals surface area contributed by atoms with E-state index in [1.54, 1.807) is 0 Å². The topological polar surface area (TPSA) is 60.7 Å². The van der Waals surface area contributed by atoms with Crippen LogP contribution in [0.15, 0.2) is 119 Å². The molecule has 0 aromatic rings. The van der Waals surface area contributed by atoms with Gasteiger partial charge in [-0.2, -0.15) is 0 Å². The van der Waals surface area contributed by atoms with E-state index in [0.717, 1.165) is 30.4 Å². The molecule has 2 aliphatic carbocycles. The van der Waals surface area contributed by atoms with Gasteiger partial charge in [-0.3, -0.25) is 0 Å². The second kappa shape index (κ2) is 15.8. The van der Waals surface area contributed by atoms with Crippen molar-refractivity contribution >= 4 is 0 Å². The van der Waals surface area contributed by atoms with Crippen LogP contribution in [0.5, 0.6) is 0 Å². The highest BCUT2D eigenvalue weighted by Gasteiger charge is 2.52. The van der Waals surface area contributed by atoms with Gasteiger partial charge in [0.2, 0.25) is 0 Å². The Labute approximate surface area is 262 Å². The summed E-state index contributed by atoms with van der Waals surface area (Å²) in [5, 5.41) is 31.1. The van der Waals surface area contributed by atoms with Crippen LogP contribution >= 0.6 is 0 Å². The number of allylic oxidation sites excluding steroid dienone is 18. The lowest BCUT2D eigenvalue weighted by Crippen LogP contribution is -2.39. The predicted octanol–water partition coefficient (Wildman–Crippen LogP) is 9.60. The minimum Gasteiger partial charge on any atom is -0.393 e. The molecule has 0 bridgehead atoms. The number of rotatable bonds is 11. The lowest BCUT2D eigenvalue weighted by molar-refractivity contribution is -0.000365. The van der Waals surface area contributed by atoms with Crippen molar-refractivity contribution < 1.29 is 15.3 Å². The van der Waals surface area contributed by atoms with Crippen LogP contribution in [-0.4, -0.2) is 33.6 Å². The van der Waals surface area contributed by atoms with Crippen LogP contribution in [0.4, 0.5) is 0 Å². The standard InChI is InChI=1S/C40H58O3/c1-29(17-13-19-31(3)21-23-36-33(5)25-34(41)26-38(36,6)7)15-11-12-16-30(2)18-14-20-32(4)22-24-37(43)40(10)28-35(42)27-39(40,8)9/h11-24,34-35,37,41-43H,25-28H2,1-10H3/b12-11+,17-13+,18-14+,23-21+,24-22+,29-15+,30-16+,31-19+,32-20+/t34-,35+,37+,40+/m1/s1. The first-order chi connectivity index (χ1) is 20.0. The Morgan fingerprint density at radius 2 is 1.16 bits per heavy atom. The molecule has 4 atom stereocenters. The molecule has 1 saturated carbocycles. The predicted molar refractivity (Wildman–Crippen MR) is 186 cm³/mol. The van der Waals surface area contributed by atoms with Crippen LogP contribution in [-0.2, 0) is 0 Å². The van der Waals surface area contributed by atoms with E-state index in [9.17, 15) is 15.3 Å². The minimum absolute atomic E-state index is 0.00246. The van der Waals surface area contributed by atoms with Crippen LogP contribution in [0.1, 0.15) is 94.9 Å². The highest BCUT2D eigenvalue weighted by atomic mass is 16.3. The molecule has 0 radical (unpaired) electrons. The summed E-state index contributed by atoms with van der Waals surface area (Å²) in [5.41, 5.74) is 6.74. The highest BCUT2D eigenvalue weighted by Crippen LogP contribution is 2.54. The van der Waals surface area contributed by atoms with E-state index >= 15 is 0 Å². The van der Waals surface area contributed by atoms with Gasteiger partial charge >= 0.3 is 0 Å². The molecule has 2 rings (SSSR count). The van der Waals surface area contributed by atoms with Crippen molar-refractivity contribution in [2.75, 3.05) is 0 Å². The summed E-state index contributed by atoms with van der Waals surface area (Å²) in [4.78, 5) is 0. The molecule has 3 heteroatoms. The smallest absolute Gasteiger partial charge is 0.0783 e. The van der Waals surface area contributed by atoms with E-state index in [0.29, 0.717) is 6.42 Å². The Bertz CT molecular complexity index is 1270. The summed E-state index contributed by atoms with van der Waals surface area (Å²) < 4.78 is 0. The second-order valence-corrected chi connectivity index (χ2v) is 14.4. The molecule has 0 spiro atoms. The normalized spacial score (nSPS) is 28.6. The largest absolute Gasteiger partial charge is 0.393 e. The van der Waals surface area contributed by atoms with Crippen molar-refractivity contribution in [3.05, 3.63) is 119 Å². The number of hydrogen-bond donors (Lipinski definition) is 3. The van der Waals surface area contributed by atoms with E-state index in [-0.39, 0.29) is 28.5 Å². The van der Waals surface area contributed by atoms with Gasteiger partial charge < -0.3 is 15.3 Å². The minimum atomic E-state index is -0.598. The summed E-state index contributed by atoms with van der Waals surface area (Å²) in [5.74, 6) is 0. The maximum atomic E-state index is 10.9. The SMILES string of the molecule is CC1=C(/C=C/C(C)=C/C=C/C(C)=C/C=C/C=C(C)/C=C/C=C(C)/C=C/[C@H](O)[C@]2(C)C[C@@H](O)CC2(C)C)C(C)(C)C[C@H](O)C1. The van der Waals surface area contributed by atoms with Gasteiger partial charge in [0.05, 0.1) is 18.3 Å². The summed E-state index contributed by atoms with van der Waals surface area (Å²) in [7, 11) is 0. The van der Waals surface area contributed by atoms with Gasteiger partial charge in [0.25, 0.3) is 0 Å². The third-order valence-electron chi connectivity index (χ3n) is 9.40. The zero-order valence-corrected chi connectivity index (χ0v) is 28.5. The first-order valence-electron chi connectivity index (χ1n) is 15.8. The number of aliphatic hydroxyl groups is 3. The van der Waals surface area contributed by atoms with Crippen LogP contribution in [0.3, 0.4) is 0 Å². The van der Waals surface area contributed by atoms with Crippen LogP contribution in [0.25, 0.3) is 0 Å². The van der Waals surface area contributed by atoms with Crippen molar-refractivity contribution in [1.82, 2.24) is 0 Å². The fourth-order valence-electron chi connectivity index (χ4n) is 6.37. The molecular formula is C40H58O3. The summed E-state index contributed by atoms with van der Waals surface area (Å²) in [6.45, 7) is 21.2. The van der Waals surface area contributed by atoms with Crippen molar-refractivity contribution in [2.24, 2.45) is 16.2 Å². The molecule has 1 fully saturated rings. The Balaban J connectivity index is 1.88. The first-order valence-corrected chi connectivity index (χ1v) is 15.8. The van der Waals surface area contributed by atoms with Gasteiger partial charge in [-0.15, -0.1) is 0 Å². The molecule has 0 unspecified atom stereocenters. The molecule has 236 valence electrons. The Morgan fingerprint density at radius 1 is 0.674 bits per heavy atom. The Hall–Kier alpha value is -2.72. The van der Waals surface area contributed by atoms with Crippen molar-refractivity contribution in [3.63, 3.8) is 0 Å². The molecule has 0 saturated heterocycles. The van der Waals surface area contributed by atoms with E-state index in [1.165, 1.54) is 22.3 Å². The van der Waals surface area contributed by atoms with Gasteiger partial charge in [-0.1, -0.05) is 148 Å². The molecule has 0 aromatic carbocycles. The van der Waals surface area contributed by atoms with Crippen molar-refractivity contribution in [1.29, 1.82) is 0 Å². The van der Waals surface area contributed by atoms with Crippen LogP contribution in [0, 0.1) is 16.2 Å². The monoisotopic (exact) mass is 586 g/mol. The van der Waals surface area contributed by atoms with Gasteiger partial charge in [0, 0.05) is 5.41 Å². The van der Waals surface area contributed by atoms with Gasteiger partial charge in [0.15, 0.2) is 0 Å². The molecule has 2 aliphatic rings. The maximum Gasteiger partial charge on any atom is 0.0783 e. The third-order valence-corrected chi connectivity index (χ3v) is 9.40. The number of aliphatic hydroxyl groups excluding tert-OH is 3. The zero-order valence-electron chi connectivity index (χ0n) is 28.5. The molecular weight excluding hydrogens is 528 g/mol. The molecule has 0 heterocycles. The maximum absolute atomic E-state index is 10.9. The Morgan fingerprint density at radius 3 is 1.65 bits per heavy atom. The zero-order chi connectivity index (χ0) is 32.4. The van der Waals surface area contributed by atoms with E-state index in [4.69, 9.17) is 0 Å². The van der Waals surface area contributed by atoms with E-state index < -0.39 is 6.10 Å². The van der Waals surface area contributed by atoms with Crippen molar-refractivity contribution in [2.45, 2.75) is 113 Å². The lowest BCUT2D eigenvalue weighted by atomic mass is 9.66. The summed E-state index contributed by atoms with van der Waals surface area (Å²) >= 11 is 0. The molecule has 43 heavy (non-hydrogen) atoms. The van der Waals surface area contributed by atoms with Crippen molar-refractivity contribution in [3.8, 4) is 0 Å². The third kappa shape index (κ3) is 11.1. The van der Waals surface area contributed by atoms with E-state index in [2.05, 4.69) is 117 Å². The van der Waals surface area contributed by atoms with Crippen LogP contribution in [0.2, 0.25) is 0 Å². The quantitative estimate of drug-likeness (QED) is 0.211. The summed E-state index contributed by atoms with van der Waals surface area (Å²) in [6, 6.07) is 0. The van der Waals surface area contributed by atoms with Gasteiger partial charge in [0.1, 0.15) is 0 Å². The molecule has 0 amide bonds. The Kier molecular flexibility index (Phi) is 13.4.